The number of sulfonamides is 1. The van der Waals surface area contributed by atoms with Crippen LogP contribution in [0.15, 0.2) is 29.2 Å². The van der Waals surface area contributed by atoms with Crippen molar-refractivity contribution >= 4 is 15.7 Å². The Balaban J connectivity index is 2.40. The van der Waals surface area contributed by atoms with Crippen molar-refractivity contribution in [1.29, 1.82) is 0 Å². The van der Waals surface area contributed by atoms with Crippen molar-refractivity contribution in [2.24, 2.45) is 0 Å². The van der Waals surface area contributed by atoms with Crippen LogP contribution in [0.2, 0.25) is 0 Å². The normalized spacial score (nSPS) is 12.0. The molecule has 0 fully saturated rings. The largest absolute Gasteiger partial charge is 0.398 e. The maximum absolute atomic E-state index is 12.8. The van der Waals surface area contributed by atoms with Crippen LogP contribution in [-0.2, 0) is 16.6 Å². The first-order valence-corrected chi connectivity index (χ1v) is 8.17. The highest BCUT2D eigenvalue weighted by Gasteiger charge is 2.28. The number of aromatic nitrogens is 2. The summed E-state index contributed by atoms with van der Waals surface area (Å²) in [5.41, 5.74) is 8.32. The molecular formula is C14H20N4O2S. The number of H-pyrrole nitrogens is 1. The summed E-state index contributed by atoms with van der Waals surface area (Å²) < 4.78 is 27.0. The molecule has 1 heterocycles. The molecule has 0 saturated carbocycles. The first-order chi connectivity index (χ1) is 9.87. The molecule has 6 nitrogen and oxygen atoms in total. The van der Waals surface area contributed by atoms with Gasteiger partial charge in [-0.15, -0.1) is 0 Å². The van der Waals surface area contributed by atoms with Crippen molar-refractivity contribution in [3.8, 4) is 0 Å². The summed E-state index contributed by atoms with van der Waals surface area (Å²) in [6.45, 7) is 5.80. The van der Waals surface area contributed by atoms with Crippen molar-refractivity contribution in [3.05, 3.63) is 41.2 Å². The van der Waals surface area contributed by atoms with Crippen LogP contribution in [0.25, 0.3) is 0 Å². The molecule has 1 aromatic heterocycles. The van der Waals surface area contributed by atoms with Gasteiger partial charge in [0.2, 0.25) is 10.0 Å². The zero-order valence-corrected chi connectivity index (χ0v) is 13.2. The van der Waals surface area contributed by atoms with E-state index in [0.29, 0.717) is 23.6 Å². The Hall–Kier alpha value is -1.86. The number of aromatic amines is 1. The van der Waals surface area contributed by atoms with Gasteiger partial charge in [0.1, 0.15) is 4.90 Å². The number of nitrogen functional groups attached to an aromatic ring is 1. The van der Waals surface area contributed by atoms with E-state index in [1.807, 2.05) is 18.2 Å². The second-order valence-corrected chi connectivity index (χ2v) is 6.77. The van der Waals surface area contributed by atoms with E-state index in [-0.39, 0.29) is 11.4 Å². The van der Waals surface area contributed by atoms with Gasteiger partial charge >= 0.3 is 0 Å². The van der Waals surface area contributed by atoms with Gasteiger partial charge in [0, 0.05) is 18.8 Å². The van der Waals surface area contributed by atoms with Crippen LogP contribution in [0.5, 0.6) is 0 Å². The zero-order valence-electron chi connectivity index (χ0n) is 12.4. The minimum Gasteiger partial charge on any atom is -0.398 e. The topological polar surface area (TPSA) is 92.1 Å². The molecule has 0 spiro atoms. The summed E-state index contributed by atoms with van der Waals surface area (Å²) in [6.07, 6.45) is 0. The number of aryl methyl sites for hydroxylation is 2. The van der Waals surface area contributed by atoms with Crippen molar-refractivity contribution in [3.63, 3.8) is 0 Å². The van der Waals surface area contributed by atoms with Crippen LogP contribution in [0.3, 0.4) is 0 Å². The third-order valence-electron chi connectivity index (χ3n) is 3.41. The minimum absolute atomic E-state index is 0.246. The predicted octanol–water partition coefficient (Wildman–Crippen LogP) is 1.82. The van der Waals surface area contributed by atoms with Gasteiger partial charge in [-0.05, 0) is 25.5 Å². The first-order valence-electron chi connectivity index (χ1n) is 6.73. The summed E-state index contributed by atoms with van der Waals surface area (Å²) in [7, 11) is -3.60. The summed E-state index contributed by atoms with van der Waals surface area (Å²) in [4.78, 5) is 0.249. The van der Waals surface area contributed by atoms with E-state index >= 15 is 0 Å². The maximum atomic E-state index is 12.8. The Bertz CT molecular complexity index is 718. The number of benzene rings is 1. The van der Waals surface area contributed by atoms with E-state index in [4.69, 9.17) is 5.73 Å². The second kappa shape index (κ2) is 5.87. The van der Waals surface area contributed by atoms with Gasteiger partial charge in [-0.25, -0.2) is 8.42 Å². The lowest BCUT2D eigenvalue weighted by molar-refractivity contribution is 0.423. The molecule has 0 radical (unpaired) electrons. The van der Waals surface area contributed by atoms with Gasteiger partial charge in [-0.3, -0.25) is 5.10 Å². The molecule has 0 atom stereocenters. The average Bonchev–Trinajstić information content (AvgIpc) is 2.77. The number of nitrogens with two attached hydrogens (primary N) is 1. The molecule has 0 saturated heterocycles. The number of nitrogens with zero attached hydrogens (tertiary/aromatic N) is 2. The van der Waals surface area contributed by atoms with Crippen LogP contribution in [0.4, 0.5) is 5.69 Å². The van der Waals surface area contributed by atoms with Gasteiger partial charge < -0.3 is 5.73 Å². The molecule has 2 aromatic rings. The van der Waals surface area contributed by atoms with Crippen LogP contribution in [0, 0.1) is 13.8 Å². The van der Waals surface area contributed by atoms with E-state index in [1.165, 1.54) is 4.31 Å². The molecule has 3 N–H and O–H groups in total. The molecule has 21 heavy (non-hydrogen) atoms. The van der Waals surface area contributed by atoms with Crippen molar-refractivity contribution in [2.75, 3.05) is 12.3 Å². The summed E-state index contributed by atoms with van der Waals surface area (Å²) in [6, 6.07) is 7.28. The molecule has 0 aliphatic rings. The molecule has 0 bridgehead atoms. The van der Waals surface area contributed by atoms with Crippen molar-refractivity contribution < 1.29 is 8.42 Å². The molecule has 0 amide bonds. The van der Waals surface area contributed by atoms with E-state index in [2.05, 4.69) is 10.2 Å². The Labute approximate surface area is 125 Å². The van der Waals surface area contributed by atoms with Gasteiger partial charge in [-0.1, -0.05) is 25.1 Å². The quantitative estimate of drug-likeness (QED) is 0.824. The van der Waals surface area contributed by atoms with Gasteiger partial charge in [0.15, 0.2) is 0 Å². The lowest BCUT2D eigenvalue weighted by Gasteiger charge is -2.21. The second-order valence-electron chi connectivity index (χ2n) is 4.89. The molecule has 2 rings (SSSR count). The third kappa shape index (κ3) is 2.93. The van der Waals surface area contributed by atoms with E-state index in [9.17, 15) is 8.42 Å². The number of para-hydroxylation sites is 1. The fraction of sp³-hybridized carbons (Fsp3) is 0.357. The fourth-order valence-electron chi connectivity index (χ4n) is 2.28. The Morgan fingerprint density at radius 2 is 1.95 bits per heavy atom. The first kappa shape index (κ1) is 15.5. The van der Waals surface area contributed by atoms with Crippen LogP contribution >= 0.6 is 0 Å². The van der Waals surface area contributed by atoms with Gasteiger partial charge in [-0.2, -0.15) is 9.40 Å². The van der Waals surface area contributed by atoms with E-state index < -0.39 is 10.0 Å². The molecule has 7 heteroatoms. The number of nitrogens with one attached hydrogen (secondary N) is 1. The Morgan fingerprint density at radius 3 is 2.48 bits per heavy atom. The Kier molecular flexibility index (Phi) is 4.34. The maximum Gasteiger partial charge on any atom is 0.247 e. The highest BCUT2D eigenvalue weighted by Crippen LogP contribution is 2.24. The lowest BCUT2D eigenvalue weighted by Crippen LogP contribution is -2.31. The molecule has 114 valence electrons. The highest BCUT2D eigenvalue weighted by molar-refractivity contribution is 7.89. The van der Waals surface area contributed by atoms with Gasteiger partial charge in [0.05, 0.1) is 11.4 Å². The summed E-state index contributed by atoms with van der Waals surface area (Å²) in [5.74, 6) is 0. The molecule has 0 aliphatic carbocycles. The number of rotatable bonds is 5. The SMILES string of the molecule is CCN(Cc1ccccc1N)S(=O)(=O)c1c(C)n[nH]c1C. The average molecular weight is 308 g/mol. The number of hydrogen-bond acceptors (Lipinski definition) is 4. The van der Waals surface area contributed by atoms with Crippen molar-refractivity contribution in [1.82, 2.24) is 14.5 Å². The lowest BCUT2D eigenvalue weighted by atomic mass is 10.2. The smallest absolute Gasteiger partial charge is 0.247 e. The Morgan fingerprint density at radius 1 is 1.29 bits per heavy atom. The highest BCUT2D eigenvalue weighted by atomic mass is 32.2. The fourth-order valence-corrected chi connectivity index (χ4v) is 4.04. The molecule has 0 aliphatic heterocycles. The molecular weight excluding hydrogens is 288 g/mol. The molecule has 0 unspecified atom stereocenters. The van der Waals surface area contributed by atoms with Crippen molar-refractivity contribution in [2.45, 2.75) is 32.2 Å². The molecule has 1 aromatic carbocycles. The third-order valence-corrected chi connectivity index (χ3v) is 5.60. The summed E-state index contributed by atoms with van der Waals surface area (Å²) in [5, 5.41) is 6.68. The summed E-state index contributed by atoms with van der Waals surface area (Å²) >= 11 is 0. The van der Waals surface area contributed by atoms with Crippen LogP contribution < -0.4 is 5.73 Å². The number of anilines is 1. The van der Waals surface area contributed by atoms with Gasteiger partial charge in [0.25, 0.3) is 0 Å². The monoisotopic (exact) mass is 308 g/mol. The zero-order chi connectivity index (χ0) is 15.6. The number of hydrogen-bond donors (Lipinski definition) is 2. The van der Waals surface area contributed by atoms with Crippen LogP contribution in [-0.4, -0.2) is 29.5 Å². The minimum atomic E-state index is -3.60. The van der Waals surface area contributed by atoms with Crippen LogP contribution in [0.1, 0.15) is 23.9 Å². The van der Waals surface area contributed by atoms with E-state index in [0.717, 1.165) is 5.56 Å². The standard InChI is InChI=1S/C14H20N4O2S/c1-4-18(9-12-7-5-6-8-13(12)15)21(19,20)14-10(2)16-17-11(14)3/h5-8H,4,9,15H2,1-3H3,(H,16,17). The van der Waals surface area contributed by atoms with E-state index in [1.54, 1.807) is 26.8 Å². The predicted molar refractivity (Wildman–Crippen MR) is 82.2 cm³/mol.